The van der Waals surface area contributed by atoms with Gasteiger partial charge < -0.3 is 10.2 Å². The van der Waals surface area contributed by atoms with Gasteiger partial charge in [0.25, 0.3) is 5.56 Å². The van der Waals surface area contributed by atoms with Crippen LogP contribution >= 0.6 is 12.4 Å². The van der Waals surface area contributed by atoms with E-state index in [1.807, 2.05) is 0 Å². The zero-order valence-corrected chi connectivity index (χ0v) is 8.10. The largest absolute Gasteiger partial charge is 0.480 e. The fourth-order valence-electron chi connectivity index (χ4n) is 0.804. The highest BCUT2D eigenvalue weighted by molar-refractivity contribution is 5.85. The number of hydrogen-bond donors (Lipinski definition) is 2. The topological polar surface area (TPSA) is 109 Å². The Hall–Kier alpha value is -1.89. The molecule has 0 saturated carbocycles. The molecule has 2 N–H and O–H groups in total. The predicted molar refractivity (Wildman–Crippen MR) is 50.3 cm³/mol. The van der Waals surface area contributed by atoms with Crippen molar-refractivity contribution in [2.45, 2.75) is 6.54 Å². The van der Waals surface area contributed by atoms with Gasteiger partial charge in [0.1, 0.15) is 6.54 Å². The first-order valence-electron chi connectivity index (χ1n) is 3.54. The first-order valence-corrected chi connectivity index (χ1v) is 3.54. The van der Waals surface area contributed by atoms with E-state index in [0.29, 0.717) is 4.68 Å². The summed E-state index contributed by atoms with van der Waals surface area (Å²) in [4.78, 5) is 31.7. The van der Waals surface area contributed by atoms with Crippen molar-refractivity contribution in [2.24, 2.45) is 0 Å². The lowest BCUT2D eigenvalue weighted by molar-refractivity contribution is -0.138. The minimum absolute atomic E-state index is 0. The van der Waals surface area contributed by atoms with Gasteiger partial charge in [-0.2, -0.15) is 5.10 Å². The predicted octanol–water partition coefficient (Wildman–Crippen LogP) is -0.552. The minimum atomic E-state index is -1.32. The fourth-order valence-corrected chi connectivity index (χ4v) is 0.804. The second-order valence-corrected chi connectivity index (χ2v) is 2.41. The van der Waals surface area contributed by atoms with Gasteiger partial charge in [-0.15, -0.1) is 12.4 Å². The van der Waals surface area contributed by atoms with Gasteiger partial charge in [0.15, 0.2) is 5.69 Å². The van der Waals surface area contributed by atoms with Gasteiger partial charge in [0.05, 0.1) is 0 Å². The first kappa shape index (κ1) is 13.1. The Balaban J connectivity index is 0.00000196. The Bertz CT molecular complexity index is 441. The molecule has 0 spiro atoms. The maximum Gasteiger partial charge on any atom is 0.356 e. The summed E-state index contributed by atoms with van der Waals surface area (Å²) in [6.45, 7) is -0.653. The molecule has 82 valence electrons. The van der Waals surface area contributed by atoms with E-state index in [1.165, 1.54) is 0 Å². The van der Waals surface area contributed by atoms with Gasteiger partial charge >= 0.3 is 11.9 Å². The summed E-state index contributed by atoms with van der Waals surface area (Å²) in [5, 5.41) is 20.2. The molecule has 0 aliphatic carbocycles. The maximum absolute atomic E-state index is 11.0. The number of aliphatic carboxylic acids is 1. The molecule has 0 saturated heterocycles. The number of carboxylic acid groups (broad SMARTS) is 2. The molecule has 0 atom stereocenters. The van der Waals surface area contributed by atoms with E-state index in [4.69, 9.17) is 10.2 Å². The van der Waals surface area contributed by atoms with Crippen molar-refractivity contribution < 1.29 is 19.8 Å². The van der Waals surface area contributed by atoms with E-state index in [1.54, 1.807) is 0 Å². The summed E-state index contributed by atoms with van der Waals surface area (Å²) < 4.78 is 0.575. The molecule has 0 unspecified atom stereocenters. The van der Waals surface area contributed by atoms with Crippen LogP contribution in [0.4, 0.5) is 0 Å². The van der Waals surface area contributed by atoms with Crippen molar-refractivity contribution in [1.82, 2.24) is 9.78 Å². The second kappa shape index (κ2) is 5.11. The maximum atomic E-state index is 11.0. The lowest BCUT2D eigenvalue weighted by Gasteiger charge is -2.00. The van der Waals surface area contributed by atoms with Gasteiger partial charge in [-0.1, -0.05) is 0 Å². The summed E-state index contributed by atoms with van der Waals surface area (Å²) in [5.74, 6) is -2.58. The molecule has 1 rings (SSSR count). The van der Waals surface area contributed by atoms with E-state index < -0.39 is 24.0 Å². The van der Waals surface area contributed by atoms with Crippen LogP contribution in [0, 0.1) is 0 Å². The van der Waals surface area contributed by atoms with Crippen molar-refractivity contribution in [3.8, 4) is 0 Å². The molecule has 0 fully saturated rings. The molecule has 8 heteroatoms. The summed E-state index contributed by atoms with van der Waals surface area (Å²) in [5.41, 5.74) is -1.02. The van der Waals surface area contributed by atoms with Gasteiger partial charge in [-0.25, -0.2) is 9.48 Å². The quantitative estimate of drug-likeness (QED) is 0.726. The molecule has 1 aromatic heterocycles. The van der Waals surface area contributed by atoms with Crippen LogP contribution in [0.25, 0.3) is 0 Å². The molecule has 0 aromatic carbocycles. The summed E-state index contributed by atoms with van der Waals surface area (Å²) in [6, 6.07) is 1.97. The molecule has 15 heavy (non-hydrogen) atoms. The normalized spacial score (nSPS) is 9.07. The molecule has 1 heterocycles. The number of aromatic carboxylic acids is 1. The van der Waals surface area contributed by atoms with Crippen molar-refractivity contribution in [2.75, 3.05) is 0 Å². The Kier molecular flexibility index (Phi) is 4.46. The highest BCUT2D eigenvalue weighted by Crippen LogP contribution is 1.89. The molecule has 0 aliphatic rings. The van der Waals surface area contributed by atoms with E-state index in [0.717, 1.165) is 12.1 Å². The van der Waals surface area contributed by atoms with Crippen LogP contribution in [0.15, 0.2) is 16.9 Å². The zero-order chi connectivity index (χ0) is 10.7. The Morgan fingerprint density at radius 1 is 1.33 bits per heavy atom. The van der Waals surface area contributed by atoms with Crippen LogP contribution in [0.1, 0.15) is 10.5 Å². The average Bonchev–Trinajstić information content (AvgIpc) is 2.07. The highest BCUT2D eigenvalue weighted by Gasteiger charge is 2.08. The number of carboxylic acids is 2. The number of aromatic nitrogens is 2. The molecular formula is C7H7ClN2O5. The number of halogens is 1. The summed E-state index contributed by atoms with van der Waals surface area (Å²) in [7, 11) is 0. The third-order valence-corrected chi connectivity index (χ3v) is 1.37. The van der Waals surface area contributed by atoms with Gasteiger partial charge in [0, 0.05) is 6.07 Å². The molecule has 0 amide bonds. The van der Waals surface area contributed by atoms with E-state index in [9.17, 15) is 14.4 Å². The lowest BCUT2D eigenvalue weighted by atomic mass is 10.4. The van der Waals surface area contributed by atoms with Crippen molar-refractivity contribution in [1.29, 1.82) is 0 Å². The van der Waals surface area contributed by atoms with E-state index in [2.05, 4.69) is 5.10 Å². The Morgan fingerprint density at radius 2 is 1.93 bits per heavy atom. The molecule has 0 radical (unpaired) electrons. The standard InChI is InChI=1S/C7H6N2O5.ClH/c10-5-2-1-4(7(13)14)8-9(5)3-6(11)12;/h1-2H,3H2,(H,11,12)(H,13,14);1H. The fraction of sp³-hybridized carbons (Fsp3) is 0.143. The third-order valence-electron chi connectivity index (χ3n) is 1.37. The van der Waals surface area contributed by atoms with Crippen molar-refractivity contribution in [3.05, 3.63) is 28.2 Å². The van der Waals surface area contributed by atoms with Crippen LogP contribution in [-0.4, -0.2) is 31.9 Å². The Morgan fingerprint density at radius 3 is 2.40 bits per heavy atom. The van der Waals surface area contributed by atoms with Crippen LogP contribution in [0.3, 0.4) is 0 Å². The minimum Gasteiger partial charge on any atom is -0.480 e. The summed E-state index contributed by atoms with van der Waals surface area (Å²) in [6.07, 6.45) is 0. The first-order chi connectivity index (χ1) is 6.50. The average molecular weight is 235 g/mol. The van der Waals surface area contributed by atoms with Crippen molar-refractivity contribution >= 4 is 24.3 Å². The number of nitrogens with zero attached hydrogens (tertiary/aromatic N) is 2. The van der Waals surface area contributed by atoms with E-state index in [-0.39, 0.29) is 18.1 Å². The van der Waals surface area contributed by atoms with Gasteiger partial charge in [-0.05, 0) is 6.07 Å². The van der Waals surface area contributed by atoms with Gasteiger partial charge in [-0.3, -0.25) is 9.59 Å². The molecule has 7 nitrogen and oxygen atoms in total. The van der Waals surface area contributed by atoms with Crippen LogP contribution in [-0.2, 0) is 11.3 Å². The number of hydrogen-bond acceptors (Lipinski definition) is 4. The molecule has 1 aromatic rings. The monoisotopic (exact) mass is 234 g/mol. The van der Waals surface area contributed by atoms with Crippen LogP contribution in [0.5, 0.6) is 0 Å². The van der Waals surface area contributed by atoms with E-state index >= 15 is 0 Å². The third kappa shape index (κ3) is 3.39. The number of rotatable bonds is 3. The zero-order valence-electron chi connectivity index (χ0n) is 7.28. The molecular weight excluding hydrogens is 228 g/mol. The van der Waals surface area contributed by atoms with Crippen LogP contribution < -0.4 is 5.56 Å². The molecule has 0 aliphatic heterocycles. The smallest absolute Gasteiger partial charge is 0.356 e. The van der Waals surface area contributed by atoms with Gasteiger partial charge in [0.2, 0.25) is 0 Å². The lowest BCUT2D eigenvalue weighted by Crippen LogP contribution is -2.27. The second-order valence-electron chi connectivity index (χ2n) is 2.41. The highest BCUT2D eigenvalue weighted by atomic mass is 35.5. The Labute approximate surface area is 89.4 Å². The summed E-state index contributed by atoms with van der Waals surface area (Å²) >= 11 is 0. The van der Waals surface area contributed by atoms with Crippen LogP contribution in [0.2, 0.25) is 0 Å². The number of carbonyl (C=O) groups is 2. The molecule has 0 bridgehead atoms. The van der Waals surface area contributed by atoms with Crippen molar-refractivity contribution in [3.63, 3.8) is 0 Å². The SMILES string of the molecule is Cl.O=C(O)Cn1nc(C(=O)O)ccc1=O.